The minimum Gasteiger partial charge on any atom is -0.510 e. The van der Waals surface area contributed by atoms with Crippen LogP contribution in [0, 0.1) is 25.2 Å². The van der Waals surface area contributed by atoms with E-state index in [0.29, 0.717) is 18.0 Å². The number of nitrogens with one attached hydrogen (secondary N) is 1. The molecule has 0 saturated carbocycles. The molecular weight excluding hydrogens is 356 g/mol. The molecule has 6 heteroatoms. The smallest absolute Gasteiger partial charge is 0.139 e. The summed E-state index contributed by atoms with van der Waals surface area (Å²) >= 11 is 1.53. The van der Waals surface area contributed by atoms with Gasteiger partial charge in [-0.1, -0.05) is 6.92 Å². The molecule has 2 N–H and O–H groups in total. The minimum absolute atomic E-state index is 0.225. The van der Waals surface area contributed by atoms with Crippen molar-refractivity contribution < 1.29 is 5.11 Å². The van der Waals surface area contributed by atoms with Crippen LogP contribution in [-0.2, 0) is 0 Å². The zero-order valence-corrected chi connectivity index (χ0v) is 16.9. The third-order valence-electron chi connectivity index (χ3n) is 5.66. The van der Waals surface area contributed by atoms with Crippen molar-refractivity contribution in [2.45, 2.75) is 33.6 Å². The van der Waals surface area contributed by atoms with Crippen LogP contribution >= 0.6 is 11.3 Å². The lowest BCUT2D eigenvalue weighted by Gasteiger charge is -2.32. The Labute approximate surface area is 164 Å². The highest BCUT2D eigenvalue weighted by Crippen LogP contribution is 2.34. The highest BCUT2D eigenvalue weighted by atomic mass is 32.1. The highest BCUT2D eigenvalue weighted by Gasteiger charge is 2.31. The molecule has 5 nitrogen and oxygen atoms in total. The second-order valence-corrected chi connectivity index (χ2v) is 8.81. The number of amidine groups is 1. The summed E-state index contributed by atoms with van der Waals surface area (Å²) in [5.41, 5.74) is 3.69. The first kappa shape index (κ1) is 18.0. The first-order valence-electron chi connectivity index (χ1n) is 9.52. The van der Waals surface area contributed by atoms with Crippen LogP contribution in [0.15, 0.2) is 30.0 Å². The highest BCUT2D eigenvalue weighted by molar-refractivity contribution is 7.13. The van der Waals surface area contributed by atoms with E-state index in [-0.39, 0.29) is 5.76 Å². The van der Waals surface area contributed by atoms with Crippen LogP contribution in [0.3, 0.4) is 0 Å². The molecule has 1 saturated heterocycles. The average Bonchev–Trinajstić information content (AvgIpc) is 3.14. The fraction of sp³-hybridized carbons (Fsp3) is 0.429. The number of hydrogen-bond acceptors (Lipinski definition) is 5. The van der Waals surface area contributed by atoms with E-state index in [0.717, 1.165) is 40.3 Å². The van der Waals surface area contributed by atoms with Crippen molar-refractivity contribution in [1.29, 1.82) is 5.41 Å². The summed E-state index contributed by atoms with van der Waals surface area (Å²) in [6, 6.07) is 8.36. The Balaban J connectivity index is 1.52. The minimum atomic E-state index is 0.225. The van der Waals surface area contributed by atoms with Gasteiger partial charge in [0.05, 0.1) is 17.8 Å². The summed E-state index contributed by atoms with van der Waals surface area (Å²) in [6.45, 7) is 8.84. The molecule has 0 atom stereocenters. The largest absolute Gasteiger partial charge is 0.510 e. The summed E-state index contributed by atoms with van der Waals surface area (Å²) in [5, 5.41) is 19.8. The van der Waals surface area contributed by atoms with Crippen molar-refractivity contribution in [2.24, 2.45) is 5.92 Å². The molecule has 1 aromatic heterocycles. The first-order valence-corrected chi connectivity index (χ1v) is 10.3. The molecule has 0 unspecified atom stereocenters. The molecule has 142 valence electrons. The molecule has 0 bridgehead atoms. The molecule has 0 amide bonds. The lowest BCUT2D eigenvalue weighted by Crippen LogP contribution is -2.32. The summed E-state index contributed by atoms with van der Waals surface area (Å²) in [7, 11) is 0. The summed E-state index contributed by atoms with van der Waals surface area (Å²) in [5.74, 6) is 1.36. The normalized spacial score (nSPS) is 18.7. The van der Waals surface area contributed by atoms with Gasteiger partial charge in [-0.05, 0) is 56.9 Å². The van der Waals surface area contributed by atoms with Crippen molar-refractivity contribution in [3.05, 3.63) is 45.6 Å². The van der Waals surface area contributed by atoms with E-state index in [1.54, 1.807) is 0 Å². The van der Waals surface area contributed by atoms with Crippen molar-refractivity contribution in [3.63, 3.8) is 0 Å². The van der Waals surface area contributed by atoms with Crippen molar-refractivity contribution in [2.75, 3.05) is 29.4 Å². The molecule has 27 heavy (non-hydrogen) atoms. The average molecular weight is 383 g/mol. The number of benzene rings is 1. The first-order chi connectivity index (χ1) is 12.9. The molecule has 0 spiro atoms. The number of aliphatic hydroxyl groups is 1. The number of piperidine rings is 1. The number of rotatable bonds is 3. The van der Waals surface area contributed by atoms with Crippen LogP contribution in [0.25, 0.3) is 5.57 Å². The van der Waals surface area contributed by atoms with Gasteiger partial charge in [0.15, 0.2) is 0 Å². The quantitative estimate of drug-likeness (QED) is 0.803. The molecule has 1 aromatic carbocycles. The number of nitrogens with zero attached hydrogens (tertiary/aromatic N) is 3. The van der Waals surface area contributed by atoms with E-state index < -0.39 is 0 Å². The van der Waals surface area contributed by atoms with Gasteiger partial charge in [0.1, 0.15) is 16.6 Å². The Morgan fingerprint density at radius 1 is 1.11 bits per heavy atom. The van der Waals surface area contributed by atoms with Gasteiger partial charge < -0.3 is 14.9 Å². The van der Waals surface area contributed by atoms with E-state index in [4.69, 9.17) is 5.41 Å². The summed E-state index contributed by atoms with van der Waals surface area (Å²) in [6.07, 6.45) is 2.48. The van der Waals surface area contributed by atoms with Gasteiger partial charge in [0.25, 0.3) is 0 Å². The maximum absolute atomic E-state index is 10.5. The Morgan fingerprint density at radius 2 is 1.74 bits per heavy atom. The Bertz CT molecular complexity index is 872. The van der Waals surface area contributed by atoms with Gasteiger partial charge in [0, 0.05) is 29.3 Å². The standard InChI is InChI=1S/C21H26N4OS/c1-13-8-10-24(11-9-13)16-4-6-17(7-5-16)25-12-18(26)19(20(25)22)21-23-14(2)15(3)27-21/h4-7,13,22,26H,8-12H2,1-3H3. The van der Waals surface area contributed by atoms with Crippen molar-refractivity contribution >= 4 is 34.1 Å². The Hall–Kier alpha value is -2.34. The van der Waals surface area contributed by atoms with Gasteiger partial charge in [-0.15, -0.1) is 11.3 Å². The molecule has 1 fully saturated rings. The molecule has 2 aliphatic rings. The summed E-state index contributed by atoms with van der Waals surface area (Å²) in [4.78, 5) is 9.93. The van der Waals surface area contributed by atoms with E-state index in [1.807, 2.05) is 18.7 Å². The van der Waals surface area contributed by atoms with Gasteiger partial charge in [-0.2, -0.15) is 0 Å². The predicted molar refractivity (Wildman–Crippen MR) is 113 cm³/mol. The molecule has 0 radical (unpaired) electrons. The fourth-order valence-electron chi connectivity index (χ4n) is 3.71. The molecule has 2 aromatic rings. The Morgan fingerprint density at radius 3 is 2.33 bits per heavy atom. The van der Waals surface area contributed by atoms with Gasteiger partial charge >= 0.3 is 0 Å². The second kappa shape index (κ2) is 7.00. The van der Waals surface area contributed by atoms with Gasteiger partial charge in [-0.25, -0.2) is 4.98 Å². The van der Waals surface area contributed by atoms with Crippen LogP contribution < -0.4 is 9.80 Å². The van der Waals surface area contributed by atoms with Gasteiger partial charge in [0.2, 0.25) is 0 Å². The maximum Gasteiger partial charge on any atom is 0.139 e. The van der Waals surface area contributed by atoms with Crippen LogP contribution in [0.1, 0.15) is 35.3 Å². The molecule has 0 aliphatic carbocycles. The van der Waals surface area contributed by atoms with Crippen molar-refractivity contribution in [3.8, 4) is 0 Å². The maximum atomic E-state index is 10.5. The topological polar surface area (TPSA) is 63.5 Å². The second-order valence-electron chi connectivity index (χ2n) is 7.60. The van der Waals surface area contributed by atoms with E-state index >= 15 is 0 Å². The predicted octanol–water partition coefficient (Wildman–Crippen LogP) is 4.76. The zero-order chi connectivity index (χ0) is 19.1. The zero-order valence-electron chi connectivity index (χ0n) is 16.1. The number of aromatic nitrogens is 1. The molecule has 4 rings (SSSR count). The molecule has 2 aliphatic heterocycles. The Kier molecular flexibility index (Phi) is 4.68. The van der Waals surface area contributed by atoms with Gasteiger partial charge in [-0.3, -0.25) is 5.41 Å². The monoisotopic (exact) mass is 382 g/mol. The fourth-order valence-corrected chi connectivity index (χ4v) is 4.70. The van der Waals surface area contributed by atoms with E-state index in [9.17, 15) is 5.11 Å². The SMILES string of the molecule is Cc1nc(C2=C(O)CN(c3ccc(N4CCC(C)CC4)cc3)C2=N)sc1C. The van der Waals surface area contributed by atoms with E-state index in [1.165, 1.54) is 29.9 Å². The third-order valence-corrected chi connectivity index (χ3v) is 6.75. The van der Waals surface area contributed by atoms with Crippen LogP contribution in [0.2, 0.25) is 0 Å². The number of aryl methyl sites for hydroxylation is 2. The number of hydrogen-bond donors (Lipinski definition) is 2. The van der Waals surface area contributed by atoms with Crippen LogP contribution in [-0.4, -0.2) is 35.6 Å². The number of anilines is 2. The molecular formula is C21H26N4OS. The number of aliphatic hydroxyl groups excluding tert-OH is 1. The van der Waals surface area contributed by atoms with Crippen LogP contribution in [0.5, 0.6) is 0 Å². The summed E-state index contributed by atoms with van der Waals surface area (Å²) < 4.78 is 0. The van der Waals surface area contributed by atoms with Crippen LogP contribution in [0.4, 0.5) is 11.4 Å². The van der Waals surface area contributed by atoms with Crippen molar-refractivity contribution in [1.82, 2.24) is 4.98 Å². The number of thiazole rings is 1. The lowest BCUT2D eigenvalue weighted by atomic mass is 9.99. The third kappa shape index (κ3) is 3.34. The lowest BCUT2D eigenvalue weighted by molar-refractivity contribution is 0.411. The van der Waals surface area contributed by atoms with E-state index in [2.05, 4.69) is 41.1 Å². The molecule has 3 heterocycles.